The van der Waals surface area contributed by atoms with E-state index in [1.807, 2.05) is 12.3 Å². The first-order chi connectivity index (χ1) is 11.5. The average molecular weight is 346 g/mol. The summed E-state index contributed by atoms with van der Waals surface area (Å²) < 4.78 is 0. The number of thiazole rings is 1. The summed E-state index contributed by atoms with van der Waals surface area (Å²) in [4.78, 5) is 28.0. The van der Waals surface area contributed by atoms with Gasteiger partial charge < -0.3 is 16.0 Å². The summed E-state index contributed by atoms with van der Waals surface area (Å²) in [6.07, 6.45) is 1.64. The van der Waals surface area contributed by atoms with Crippen molar-refractivity contribution in [3.05, 3.63) is 45.4 Å². The van der Waals surface area contributed by atoms with E-state index in [-0.39, 0.29) is 11.9 Å². The first-order valence-corrected chi connectivity index (χ1v) is 8.72. The number of hydrogen-bond acceptors (Lipinski definition) is 4. The van der Waals surface area contributed by atoms with Gasteiger partial charge in [-0.1, -0.05) is 6.92 Å². The normalized spacial score (nSPS) is 10.3. The summed E-state index contributed by atoms with van der Waals surface area (Å²) in [5.41, 5.74) is 3.08. The highest BCUT2D eigenvalue weighted by Gasteiger charge is 2.08. The van der Waals surface area contributed by atoms with Crippen LogP contribution in [-0.2, 0) is 12.8 Å². The second kappa shape index (κ2) is 8.44. The SMILES string of the molecule is CCc1nc(CCNC(=O)Nc2ccc(C(=O)NC)cc2C)cs1. The summed E-state index contributed by atoms with van der Waals surface area (Å²) >= 11 is 1.65. The van der Waals surface area contributed by atoms with E-state index < -0.39 is 0 Å². The molecule has 0 saturated carbocycles. The fourth-order valence-corrected chi connectivity index (χ4v) is 2.97. The Bertz CT molecular complexity index is 727. The minimum atomic E-state index is -0.267. The van der Waals surface area contributed by atoms with Crippen LogP contribution < -0.4 is 16.0 Å². The summed E-state index contributed by atoms with van der Waals surface area (Å²) in [7, 11) is 1.59. The van der Waals surface area contributed by atoms with Gasteiger partial charge in [0.15, 0.2) is 0 Å². The number of nitrogens with one attached hydrogen (secondary N) is 3. The van der Waals surface area contributed by atoms with E-state index in [0.29, 0.717) is 24.2 Å². The molecule has 1 aromatic carbocycles. The highest BCUT2D eigenvalue weighted by atomic mass is 32.1. The van der Waals surface area contributed by atoms with Crippen molar-refractivity contribution >= 4 is 29.0 Å². The van der Waals surface area contributed by atoms with Crippen LogP contribution in [-0.4, -0.2) is 30.5 Å². The van der Waals surface area contributed by atoms with Gasteiger partial charge in [0.2, 0.25) is 0 Å². The van der Waals surface area contributed by atoms with E-state index in [1.54, 1.807) is 36.6 Å². The molecule has 0 radical (unpaired) electrons. The van der Waals surface area contributed by atoms with Crippen molar-refractivity contribution in [3.8, 4) is 0 Å². The molecule has 6 nitrogen and oxygen atoms in total. The van der Waals surface area contributed by atoms with Crippen LogP contribution in [0.4, 0.5) is 10.5 Å². The zero-order valence-electron chi connectivity index (χ0n) is 14.1. The van der Waals surface area contributed by atoms with Crippen LogP contribution in [0.15, 0.2) is 23.6 Å². The number of hydrogen-bond donors (Lipinski definition) is 3. The molecule has 2 aromatic rings. The number of carbonyl (C=O) groups is 2. The van der Waals surface area contributed by atoms with Crippen LogP contribution in [0.5, 0.6) is 0 Å². The van der Waals surface area contributed by atoms with Crippen molar-refractivity contribution in [2.24, 2.45) is 0 Å². The lowest BCUT2D eigenvalue weighted by molar-refractivity contribution is 0.0963. The topological polar surface area (TPSA) is 83.1 Å². The highest BCUT2D eigenvalue weighted by molar-refractivity contribution is 7.09. The third kappa shape index (κ3) is 4.79. The van der Waals surface area contributed by atoms with E-state index in [2.05, 4.69) is 27.9 Å². The molecule has 0 bridgehead atoms. The predicted octanol–water partition coefficient (Wildman–Crippen LogP) is 2.74. The minimum absolute atomic E-state index is 0.149. The molecular formula is C17H22N4O2S. The van der Waals surface area contributed by atoms with Crippen molar-refractivity contribution in [1.29, 1.82) is 0 Å². The molecule has 0 fully saturated rings. The molecule has 0 atom stereocenters. The summed E-state index contributed by atoms with van der Waals surface area (Å²) in [5.74, 6) is -0.149. The maximum atomic E-state index is 12.0. The molecular weight excluding hydrogens is 324 g/mol. The number of aromatic nitrogens is 1. The standard InChI is InChI=1S/C17H22N4O2S/c1-4-15-20-13(10-24-15)7-8-19-17(23)21-14-6-5-12(9-11(14)2)16(22)18-3/h5-6,9-10H,4,7-8H2,1-3H3,(H,18,22)(H2,19,21,23). The molecule has 24 heavy (non-hydrogen) atoms. The van der Waals surface area contributed by atoms with E-state index in [9.17, 15) is 9.59 Å². The second-order valence-electron chi connectivity index (χ2n) is 5.33. The van der Waals surface area contributed by atoms with Crippen LogP contribution in [0.25, 0.3) is 0 Å². The zero-order valence-corrected chi connectivity index (χ0v) is 14.9. The maximum absolute atomic E-state index is 12.0. The Hall–Kier alpha value is -2.41. The van der Waals surface area contributed by atoms with Crippen LogP contribution in [0.3, 0.4) is 0 Å². The number of urea groups is 1. The molecule has 3 amide bonds. The van der Waals surface area contributed by atoms with Crippen LogP contribution >= 0.6 is 11.3 Å². The molecule has 0 saturated heterocycles. The van der Waals surface area contributed by atoms with Gasteiger partial charge in [-0.3, -0.25) is 4.79 Å². The number of rotatable bonds is 6. The zero-order chi connectivity index (χ0) is 17.5. The third-order valence-corrected chi connectivity index (χ3v) is 4.57. The van der Waals surface area contributed by atoms with Gasteiger partial charge >= 0.3 is 6.03 Å². The molecule has 1 aromatic heterocycles. The first kappa shape index (κ1) is 17.9. The second-order valence-corrected chi connectivity index (χ2v) is 6.27. The first-order valence-electron chi connectivity index (χ1n) is 7.84. The van der Waals surface area contributed by atoms with Crippen LogP contribution in [0.2, 0.25) is 0 Å². The number of carbonyl (C=O) groups excluding carboxylic acids is 2. The van der Waals surface area contributed by atoms with E-state index >= 15 is 0 Å². The van der Waals surface area contributed by atoms with Crippen LogP contribution in [0.1, 0.15) is 33.5 Å². The quantitative estimate of drug-likeness (QED) is 0.752. The Morgan fingerprint density at radius 3 is 2.71 bits per heavy atom. The van der Waals surface area contributed by atoms with Crippen molar-refractivity contribution in [2.75, 3.05) is 18.9 Å². The number of aryl methyl sites for hydroxylation is 2. The Balaban J connectivity index is 1.84. The predicted molar refractivity (Wildman–Crippen MR) is 96.8 cm³/mol. The lowest BCUT2D eigenvalue weighted by Gasteiger charge is -2.10. The molecule has 1 heterocycles. The van der Waals surface area contributed by atoms with Crippen molar-refractivity contribution in [1.82, 2.24) is 15.6 Å². The molecule has 0 spiro atoms. The number of nitrogens with zero attached hydrogens (tertiary/aromatic N) is 1. The van der Waals surface area contributed by atoms with Crippen molar-refractivity contribution in [2.45, 2.75) is 26.7 Å². The molecule has 7 heteroatoms. The molecule has 0 aliphatic carbocycles. The lowest BCUT2D eigenvalue weighted by atomic mass is 10.1. The molecule has 0 aliphatic rings. The van der Waals surface area contributed by atoms with Gasteiger partial charge in [-0.25, -0.2) is 9.78 Å². The smallest absolute Gasteiger partial charge is 0.319 e. The highest BCUT2D eigenvalue weighted by Crippen LogP contribution is 2.16. The van der Waals surface area contributed by atoms with Gasteiger partial charge in [0.1, 0.15) is 0 Å². The maximum Gasteiger partial charge on any atom is 0.319 e. The van der Waals surface area contributed by atoms with Gasteiger partial charge in [0.05, 0.1) is 10.7 Å². The van der Waals surface area contributed by atoms with Gasteiger partial charge in [-0.05, 0) is 37.1 Å². The lowest BCUT2D eigenvalue weighted by Crippen LogP contribution is -2.30. The summed E-state index contributed by atoms with van der Waals surface area (Å²) in [6.45, 7) is 4.45. The molecule has 0 aliphatic heterocycles. The fourth-order valence-electron chi connectivity index (χ4n) is 2.19. The number of anilines is 1. The largest absolute Gasteiger partial charge is 0.355 e. The van der Waals surface area contributed by atoms with Gasteiger partial charge in [-0.2, -0.15) is 0 Å². The average Bonchev–Trinajstić information content (AvgIpc) is 3.04. The molecule has 0 unspecified atom stereocenters. The number of benzene rings is 1. The molecule has 3 N–H and O–H groups in total. The van der Waals surface area contributed by atoms with E-state index in [0.717, 1.165) is 22.7 Å². The Morgan fingerprint density at radius 1 is 1.29 bits per heavy atom. The molecule has 2 rings (SSSR count). The van der Waals surface area contributed by atoms with Gasteiger partial charge in [0, 0.05) is 36.6 Å². The van der Waals surface area contributed by atoms with Crippen molar-refractivity contribution in [3.63, 3.8) is 0 Å². The molecule has 128 valence electrons. The Kier molecular flexibility index (Phi) is 6.31. The fraction of sp³-hybridized carbons (Fsp3) is 0.353. The Morgan fingerprint density at radius 2 is 2.08 bits per heavy atom. The monoisotopic (exact) mass is 346 g/mol. The summed E-state index contributed by atoms with van der Waals surface area (Å²) in [5, 5.41) is 11.3. The minimum Gasteiger partial charge on any atom is -0.355 e. The van der Waals surface area contributed by atoms with Crippen LogP contribution in [0, 0.1) is 6.92 Å². The summed E-state index contributed by atoms with van der Waals surface area (Å²) in [6, 6.07) is 4.89. The van der Waals surface area contributed by atoms with E-state index in [4.69, 9.17) is 0 Å². The van der Waals surface area contributed by atoms with Crippen molar-refractivity contribution < 1.29 is 9.59 Å². The number of amides is 3. The van der Waals surface area contributed by atoms with E-state index in [1.165, 1.54) is 0 Å². The van der Waals surface area contributed by atoms with Gasteiger partial charge in [0.25, 0.3) is 5.91 Å². The third-order valence-electron chi connectivity index (χ3n) is 3.53. The van der Waals surface area contributed by atoms with Gasteiger partial charge in [-0.15, -0.1) is 11.3 Å². The Labute approximate surface area is 145 Å².